The Hall–Kier alpha value is -2.96. The van der Waals surface area contributed by atoms with Crippen molar-refractivity contribution in [3.05, 3.63) is 47.2 Å². The Morgan fingerprint density at radius 1 is 0.929 bits per heavy atom. The van der Waals surface area contributed by atoms with Crippen molar-refractivity contribution in [3.63, 3.8) is 0 Å². The third-order valence-corrected chi connectivity index (χ3v) is 8.97. The maximum atomic E-state index is 9.78. The van der Waals surface area contributed by atoms with Crippen LogP contribution in [0.25, 0.3) is 0 Å². The predicted molar refractivity (Wildman–Crippen MR) is 179 cm³/mol. The molecule has 2 heterocycles. The van der Waals surface area contributed by atoms with Gasteiger partial charge in [0.15, 0.2) is 15.1 Å². The Kier molecular flexibility index (Phi) is 12.4. The minimum Gasteiger partial charge on any atom is -0.347 e. The Morgan fingerprint density at radius 3 is 2.19 bits per heavy atom. The first kappa shape index (κ1) is 33.5. The van der Waals surface area contributed by atoms with E-state index >= 15 is 0 Å². The normalized spacial score (nSPS) is 13.1. The lowest BCUT2D eigenvalue weighted by Gasteiger charge is -2.28. The van der Waals surface area contributed by atoms with Gasteiger partial charge in [-0.1, -0.05) is 116 Å². The second kappa shape index (κ2) is 15.5. The van der Waals surface area contributed by atoms with E-state index in [4.69, 9.17) is 4.98 Å². The minimum absolute atomic E-state index is 0.197. The summed E-state index contributed by atoms with van der Waals surface area (Å²) in [5.74, 6) is 1.62. The molecule has 0 spiro atoms. The molecule has 1 aromatic carbocycles. The molecule has 9 heteroatoms. The van der Waals surface area contributed by atoms with Crippen LogP contribution in [0.3, 0.4) is 0 Å². The molecule has 3 aromatic rings. The van der Waals surface area contributed by atoms with Crippen LogP contribution in [-0.2, 0) is 5.41 Å². The van der Waals surface area contributed by atoms with Gasteiger partial charge in [-0.25, -0.2) is 4.98 Å². The second-order valence-electron chi connectivity index (χ2n) is 12.7. The van der Waals surface area contributed by atoms with Crippen molar-refractivity contribution in [3.8, 4) is 6.07 Å². The Morgan fingerprint density at radius 2 is 1.62 bits per heavy atom. The van der Waals surface area contributed by atoms with Crippen LogP contribution in [0.15, 0.2) is 50.8 Å². The topological polar surface area (TPSA) is 89.4 Å². The number of aromatic nitrogens is 1. The first-order chi connectivity index (χ1) is 19.9. The SMILES string of the molecule is CCCCC(CC)CN(CC(C)C)c1nc(C(C)(C)C)c(N=Nc2sc(N=Nc3ccc(C(C)C)cc3)cc2C#N)s1. The number of benzene rings is 1. The van der Waals surface area contributed by atoms with Crippen LogP contribution in [0, 0.1) is 23.2 Å². The molecule has 0 radical (unpaired) electrons. The Labute approximate surface area is 260 Å². The third-order valence-electron chi connectivity index (χ3n) is 7.06. The summed E-state index contributed by atoms with van der Waals surface area (Å²) in [4.78, 5) is 7.59. The van der Waals surface area contributed by atoms with Crippen LogP contribution < -0.4 is 4.90 Å². The largest absolute Gasteiger partial charge is 0.347 e. The predicted octanol–water partition coefficient (Wildman–Crippen LogP) is 12.0. The summed E-state index contributed by atoms with van der Waals surface area (Å²) in [5.41, 5.74) is 3.21. The van der Waals surface area contributed by atoms with Gasteiger partial charge in [0.25, 0.3) is 0 Å². The first-order valence-electron chi connectivity index (χ1n) is 15.2. The molecule has 7 nitrogen and oxygen atoms in total. The summed E-state index contributed by atoms with van der Waals surface area (Å²) in [7, 11) is 0. The third kappa shape index (κ3) is 9.53. The fourth-order valence-electron chi connectivity index (χ4n) is 4.59. The fourth-order valence-corrected chi connectivity index (χ4v) is 6.46. The van der Waals surface area contributed by atoms with Crippen LogP contribution >= 0.6 is 22.7 Å². The van der Waals surface area contributed by atoms with E-state index < -0.39 is 0 Å². The Balaban J connectivity index is 1.90. The van der Waals surface area contributed by atoms with E-state index in [1.165, 1.54) is 36.2 Å². The van der Waals surface area contributed by atoms with E-state index in [1.807, 2.05) is 12.1 Å². The lowest BCUT2D eigenvalue weighted by atomic mass is 9.93. The monoisotopic (exact) mass is 605 g/mol. The summed E-state index contributed by atoms with van der Waals surface area (Å²) in [5, 5.41) is 30.7. The smallest absolute Gasteiger partial charge is 0.187 e. The van der Waals surface area contributed by atoms with E-state index in [9.17, 15) is 5.26 Å². The number of nitrogens with zero attached hydrogens (tertiary/aromatic N) is 7. The van der Waals surface area contributed by atoms with Crippen molar-refractivity contribution >= 4 is 48.5 Å². The zero-order valence-electron chi connectivity index (χ0n) is 26.8. The van der Waals surface area contributed by atoms with Gasteiger partial charge in [-0.15, -0.1) is 20.5 Å². The molecule has 42 heavy (non-hydrogen) atoms. The molecular formula is C33H47N7S2. The summed E-state index contributed by atoms with van der Waals surface area (Å²) < 4.78 is 0. The average Bonchev–Trinajstić information content (AvgIpc) is 3.56. The lowest BCUT2D eigenvalue weighted by molar-refractivity contribution is 0.435. The molecule has 0 saturated carbocycles. The number of anilines is 1. The zero-order chi connectivity index (χ0) is 30.9. The highest BCUT2D eigenvalue weighted by atomic mass is 32.1. The molecule has 1 unspecified atom stereocenters. The number of thiophene rings is 1. The highest BCUT2D eigenvalue weighted by Gasteiger charge is 2.27. The van der Waals surface area contributed by atoms with Gasteiger partial charge in [0, 0.05) is 18.5 Å². The van der Waals surface area contributed by atoms with Gasteiger partial charge in [-0.3, -0.25) is 0 Å². The van der Waals surface area contributed by atoms with Crippen molar-refractivity contribution in [1.29, 1.82) is 5.26 Å². The van der Waals surface area contributed by atoms with Gasteiger partial charge in [0.1, 0.15) is 11.1 Å². The molecule has 226 valence electrons. The Bertz CT molecular complexity index is 1370. The van der Waals surface area contributed by atoms with Gasteiger partial charge in [-0.05, 0) is 47.9 Å². The molecule has 0 aliphatic carbocycles. The molecule has 3 rings (SSSR count). The van der Waals surface area contributed by atoms with Crippen LogP contribution in [0.2, 0.25) is 0 Å². The number of thiazole rings is 1. The highest BCUT2D eigenvalue weighted by molar-refractivity contribution is 7.20. The zero-order valence-corrected chi connectivity index (χ0v) is 28.4. The maximum absolute atomic E-state index is 9.78. The molecular weight excluding hydrogens is 559 g/mol. The molecule has 0 saturated heterocycles. The van der Waals surface area contributed by atoms with Gasteiger partial charge in [0.2, 0.25) is 0 Å². The summed E-state index contributed by atoms with van der Waals surface area (Å²) >= 11 is 2.91. The first-order valence-corrected chi connectivity index (χ1v) is 16.8. The van der Waals surface area contributed by atoms with Gasteiger partial charge in [0.05, 0.1) is 16.9 Å². The average molecular weight is 606 g/mol. The quantitative estimate of drug-likeness (QED) is 0.171. The van der Waals surface area contributed by atoms with Crippen LogP contribution in [0.1, 0.15) is 111 Å². The summed E-state index contributed by atoms with van der Waals surface area (Å²) in [6.07, 6.45) is 4.88. The van der Waals surface area contributed by atoms with Gasteiger partial charge in [-0.2, -0.15) is 5.26 Å². The van der Waals surface area contributed by atoms with Crippen LogP contribution in [-0.4, -0.2) is 18.1 Å². The summed E-state index contributed by atoms with van der Waals surface area (Å²) in [6.45, 7) is 21.8. The number of hydrogen-bond acceptors (Lipinski definition) is 9. The number of unbranched alkanes of at least 4 members (excludes halogenated alkanes) is 1. The van der Waals surface area contributed by atoms with Crippen molar-refractivity contribution in [2.75, 3.05) is 18.0 Å². The van der Waals surface area contributed by atoms with Crippen LogP contribution in [0.4, 0.5) is 25.8 Å². The standard InChI is InChI=1S/C33H47N7S2/c1-10-12-13-24(11-2)21-40(20-22(3)4)32-35-29(33(7,8)9)31(42-32)39-38-30-26(19-34)18-28(41-30)37-36-27-16-14-25(15-17-27)23(5)6/h14-18,22-24H,10-13,20-21H2,1-9H3. The molecule has 0 aliphatic rings. The molecule has 1 atom stereocenters. The summed E-state index contributed by atoms with van der Waals surface area (Å²) in [6, 6.07) is 12.0. The van der Waals surface area contributed by atoms with Crippen molar-refractivity contribution in [1.82, 2.24) is 4.98 Å². The van der Waals surface area contributed by atoms with E-state index in [-0.39, 0.29) is 5.41 Å². The number of azo groups is 2. The van der Waals surface area contributed by atoms with E-state index in [2.05, 4.69) is 106 Å². The molecule has 0 aliphatic heterocycles. The number of hydrogen-bond donors (Lipinski definition) is 0. The molecule has 0 N–H and O–H groups in total. The fraction of sp³-hybridized carbons (Fsp3) is 0.576. The van der Waals surface area contributed by atoms with Gasteiger partial charge < -0.3 is 4.90 Å². The second-order valence-corrected chi connectivity index (χ2v) is 14.6. The molecule has 0 fully saturated rings. The minimum atomic E-state index is -0.197. The lowest BCUT2D eigenvalue weighted by Crippen LogP contribution is -2.33. The van der Waals surface area contributed by atoms with Crippen molar-refractivity contribution in [2.24, 2.45) is 32.3 Å². The maximum Gasteiger partial charge on any atom is 0.187 e. The van der Waals surface area contributed by atoms with Gasteiger partial charge >= 0.3 is 0 Å². The van der Waals surface area contributed by atoms with E-state index in [0.29, 0.717) is 33.3 Å². The van der Waals surface area contributed by atoms with E-state index in [1.54, 1.807) is 17.4 Å². The molecule has 2 aromatic heterocycles. The van der Waals surface area contributed by atoms with E-state index in [0.717, 1.165) is 41.0 Å². The number of nitriles is 1. The molecule has 0 bridgehead atoms. The highest BCUT2D eigenvalue weighted by Crippen LogP contribution is 2.43. The molecule has 0 amide bonds. The van der Waals surface area contributed by atoms with Crippen molar-refractivity contribution < 1.29 is 0 Å². The number of rotatable bonds is 14. The van der Waals surface area contributed by atoms with Crippen LogP contribution in [0.5, 0.6) is 0 Å². The van der Waals surface area contributed by atoms with Crippen molar-refractivity contribution in [2.45, 2.75) is 99.3 Å².